The van der Waals surface area contributed by atoms with Crippen LogP contribution in [0.1, 0.15) is 28.5 Å². The third kappa shape index (κ3) is 2.29. The molecule has 0 aliphatic heterocycles. The Bertz CT molecular complexity index is 337. The van der Waals surface area contributed by atoms with Crippen molar-refractivity contribution >= 4 is 5.97 Å². The SMILES string of the molecule is CCOC(=O)c1cnc(CN)cc1C. The van der Waals surface area contributed by atoms with Crippen LogP contribution in [0.5, 0.6) is 0 Å². The highest BCUT2D eigenvalue weighted by Crippen LogP contribution is 2.09. The predicted octanol–water partition coefficient (Wildman–Crippen LogP) is 1.03. The fourth-order valence-corrected chi connectivity index (χ4v) is 1.15. The first-order chi connectivity index (χ1) is 6.69. The number of hydrogen-bond acceptors (Lipinski definition) is 4. The smallest absolute Gasteiger partial charge is 0.339 e. The largest absolute Gasteiger partial charge is 0.462 e. The number of carbonyl (C=O) groups is 1. The molecule has 0 saturated carbocycles. The van der Waals surface area contributed by atoms with Crippen LogP contribution in [0.15, 0.2) is 12.3 Å². The molecule has 1 aromatic rings. The highest BCUT2D eigenvalue weighted by Gasteiger charge is 2.10. The second kappa shape index (κ2) is 4.72. The third-order valence-electron chi connectivity index (χ3n) is 1.87. The minimum atomic E-state index is -0.332. The Kier molecular flexibility index (Phi) is 3.59. The number of hydrogen-bond donors (Lipinski definition) is 1. The summed E-state index contributed by atoms with van der Waals surface area (Å²) in [5.74, 6) is -0.332. The molecule has 76 valence electrons. The quantitative estimate of drug-likeness (QED) is 0.730. The number of pyridine rings is 1. The van der Waals surface area contributed by atoms with Gasteiger partial charge in [0.2, 0.25) is 0 Å². The van der Waals surface area contributed by atoms with Crippen molar-refractivity contribution in [3.63, 3.8) is 0 Å². The zero-order valence-electron chi connectivity index (χ0n) is 8.41. The van der Waals surface area contributed by atoms with Gasteiger partial charge in [0.15, 0.2) is 0 Å². The molecule has 4 nitrogen and oxygen atoms in total. The van der Waals surface area contributed by atoms with Gasteiger partial charge in [0.1, 0.15) is 0 Å². The maximum Gasteiger partial charge on any atom is 0.339 e. The van der Waals surface area contributed by atoms with E-state index in [0.717, 1.165) is 11.3 Å². The van der Waals surface area contributed by atoms with Gasteiger partial charge in [-0.15, -0.1) is 0 Å². The first-order valence-corrected chi connectivity index (χ1v) is 4.51. The van der Waals surface area contributed by atoms with E-state index >= 15 is 0 Å². The Morgan fingerprint density at radius 1 is 1.64 bits per heavy atom. The number of ether oxygens (including phenoxy) is 1. The molecule has 0 amide bonds. The van der Waals surface area contributed by atoms with E-state index in [-0.39, 0.29) is 5.97 Å². The molecular weight excluding hydrogens is 180 g/mol. The molecule has 1 aromatic heterocycles. The van der Waals surface area contributed by atoms with Gasteiger partial charge in [0, 0.05) is 12.7 Å². The summed E-state index contributed by atoms with van der Waals surface area (Å²) in [5, 5.41) is 0. The van der Waals surface area contributed by atoms with Crippen molar-refractivity contribution in [1.29, 1.82) is 0 Å². The van der Waals surface area contributed by atoms with Gasteiger partial charge in [-0.05, 0) is 25.5 Å². The molecule has 0 spiro atoms. The maximum atomic E-state index is 11.4. The number of rotatable bonds is 3. The van der Waals surface area contributed by atoms with Crippen LogP contribution < -0.4 is 5.73 Å². The van der Waals surface area contributed by atoms with E-state index in [2.05, 4.69) is 4.98 Å². The molecule has 0 unspecified atom stereocenters. The zero-order chi connectivity index (χ0) is 10.6. The fourth-order valence-electron chi connectivity index (χ4n) is 1.15. The van der Waals surface area contributed by atoms with Crippen molar-refractivity contribution < 1.29 is 9.53 Å². The topological polar surface area (TPSA) is 65.2 Å². The summed E-state index contributed by atoms with van der Waals surface area (Å²) >= 11 is 0. The van der Waals surface area contributed by atoms with Crippen molar-refractivity contribution in [2.75, 3.05) is 6.61 Å². The Labute approximate surface area is 83.1 Å². The lowest BCUT2D eigenvalue weighted by Crippen LogP contribution is -2.09. The van der Waals surface area contributed by atoms with Crippen LogP contribution in [0.2, 0.25) is 0 Å². The molecule has 0 radical (unpaired) electrons. The predicted molar refractivity (Wildman–Crippen MR) is 52.8 cm³/mol. The number of esters is 1. The van der Waals surface area contributed by atoms with E-state index in [0.29, 0.717) is 18.7 Å². The van der Waals surface area contributed by atoms with Gasteiger partial charge in [0.25, 0.3) is 0 Å². The number of aryl methyl sites for hydroxylation is 1. The van der Waals surface area contributed by atoms with E-state index in [1.165, 1.54) is 6.20 Å². The monoisotopic (exact) mass is 194 g/mol. The third-order valence-corrected chi connectivity index (χ3v) is 1.87. The van der Waals surface area contributed by atoms with Crippen LogP contribution in [-0.4, -0.2) is 17.6 Å². The molecule has 0 aromatic carbocycles. The van der Waals surface area contributed by atoms with Crippen LogP contribution in [-0.2, 0) is 11.3 Å². The lowest BCUT2D eigenvalue weighted by Gasteiger charge is -2.05. The number of carbonyl (C=O) groups excluding carboxylic acids is 1. The summed E-state index contributed by atoms with van der Waals surface area (Å²) in [6.45, 7) is 4.36. The Hall–Kier alpha value is -1.42. The molecule has 1 heterocycles. The molecule has 4 heteroatoms. The van der Waals surface area contributed by atoms with Gasteiger partial charge >= 0.3 is 5.97 Å². The van der Waals surface area contributed by atoms with Gasteiger partial charge in [-0.2, -0.15) is 0 Å². The Morgan fingerprint density at radius 2 is 2.36 bits per heavy atom. The lowest BCUT2D eigenvalue weighted by atomic mass is 10.1. The van der Waals surface area contributed by atoms with Crippen LogP contribution in [0, 0.1) is 6.92 Å². The van der Waals surface area contributed by atoms with Gasteiger partial charge in [-0.3, -0.25) is 4.98 Å². The molecule has 1 rings (SSSR count). The molecular formula is C10H14N2O2. The Morgan fingerprint density at radius 3 is 2.86 bits per heavy atom. The van der Waals surface area contributed by atoms with Gasteiger partial charge in [0.05, 0.1) is 17.9 Å². The van der Waals surface area contributed by atoms with E-state index in [4.69, 9.17) is 10.5 Å². The summed E-state index contributed by atoms with van der Waals surface area (Å²) in [4.78, 5) is 15.4. The minimum Gasteiger partial charge on any atom is -0.462 e. The summed E-state index contributed by atoms with van der Waals surface area (Å²) in [7, 11) is 0. The standard InChI is InChI=1S/C10H14N2O2/c1-3-14-10(13)9-6-12-8(5-11)4-7(9)2/h4,6H,3,5,11H2,1-2H3. The number of aromatic nitrogens is 1. The van der Waals surface area contributed by atoms with Crippen molar-refractivity contribution in [3.05, 3.63) is 29.1 Å². The minimum absolute atomic E-state index is 0.332. The molecule has 0 saturated heterocycles. The molecule has 0 atom stereocenters. The highest BCUT2D eigenvalue weighted by atomic mass is 16.5. The van der Waals surface area contributed by atoms with Crippen molar-refractivity contribution in [2.45, 2.75) is 20.4 Å². The zero-order valence-corrected chi connectivity index (χ0v) is 8.41. The van der Waals surface area contributed by atoms with Gasteiger partial charge in [-0.1, -0.05) is 0 Å². The molecule has 0 aliphatic rings. The highest BCUT2D eigenvalue weighted by molar-refractivity contribution is 5.90. The average molecular weight is 194 g/mol. The van der Waals surface area contributed by atoms with Crippen molar-refractivity contribution in [1.82, 2.24) is 4.98 Å². The molecule has 0 aliphatic carbocycles. The summed E-state index contributed by atoms with van der Waals surface area (Å²) in [5.41, 5.74) is 7.55. The second-order valence-corrected chi connectivity index (χ2v) is 2.92. The number of nitrogens with zero attached hydrogens (tertiary/aromatic N) is 1. The summed E-state index contributed by atoms with van der Waals surface area (Å²) < 4.78 is 4.87. The van der Waals surface area contributed by atoms with E-state index in [1.54, 1.807) is 13.0 Å². The summed E-state index contributed by atoms with van der Waals surface area (Å²) in [6, 6.07) is 1.80. The molecule has 0 bridgehead atoms. The van der Waals surface area contributed by atoms with Crippen molar-refractivity contribution in [3.8, 4) is 0 Å². The molecule has 0 fully saturated rings. The van der Waals surface area contributed by atoms with Crippen LogP contribution in [0.4, 0.5) is 0 Å². The van der Waals surface area contributed by atoms with E-state index in [9.17, 15) is 4.79 Å². The molecule has 2 N–H and O–H groups in total. The van der Waals surface area contributed by atoms with Crippen LogP contribution in [0.3, 0.4) is 0 Å². The van der Waals surface area contributed by atoms with Crippen LogP contribution in [0.25, 0.3) is 0 Å². The van der Waals surface area contributed by atoms with Crippen LogP contribution >= 0.6 is 0 Å². The fraction of sp³-hybridized carbons (Fsp3) is 0.400. The first kappa shape index (κ1) is 10.7. The maximum absolute atomic E-state index is 11.4. The average Bonchev–Trinajstić information content (AvgIpc) is 2.17. The normalized spacial score (nSPS) is 9.93. The summed E-state index contributed by atoms with van der Waals surface area (Å²) in [6.07, 6.45) is 1.51. The van der Waals surface area contributed by atoms with E-state index in [1.807, 2.05) is 6.92 Å². The van der Waals surface area contributed by atoms with E-state index < -0.39 is 0 Å². The van der Waals surface area contributed by atoms with Crippen molar-refractivity contribution in [2.24, 2.45) is 5.73 Å². The number of nitrogens with two attached hydrogens (primary N) is 1. The second-order valence-electron chi connectivity index (χ2n) is 2.92. The van der Waals surface area contributed by atoms with Gasteiger partial charge < -0.3 is 10.5 Å². The Balaban J connectivity index is 2.94. The molecule has 14 heavy (non-hydrogen) atoms. The lowest BCUT2D eigenvalue weighted by molar-refractivity contribution is 0.0525. The van der Waals surface area contributed by atoms with Gasteiger partial charge in [-0.25, -0.2) is 4.79 Å². The first-order valence-electron chi connectivity index (χ1n) is 4.51.